The summed E-state index contributed by atoms with van der Waals surface area (Å²) in [5.74, 6) is 3.08. The van der Waals surface area contributed by atoms with Gasteiger partial charge >= 0.3 is 0 Å². The molecule has 2 rings (SSSR count). The van der Waals surface area contributed by atoms with Crippen molar-refractivity contribution in [3.63, 3.8) is 0 Å². The lowest BCUT2D eigenvalue weighted by atomic mass is 10.1. The molecular weight excluding hydrogens is 344 g/mol. The van der Waals surface area contributed by atoms with Gasteiger partial charge in [-0.05, 0) is 37.5 Å². The van der Waals surface area contributed by atoms with Crippen LogP contribution in [0.25, 0.3) is 11.5 Å². The molecule has 1 aromatic carbocycles. The van der Waals surface area contributed by atoms with Gasteiger partial charge in [0.25, 0.3) is 0 Å². The Hall–Kier alpha value is -1.46. The third kappa shape index (κ3) is 5.87. The summed E-state index contributed by atoms with van der Waals surface area (Å²) < 4.78 is 5.72. The molecule has 0 unspecified atom stereocenters. The van der Waals surface area contributed by atoms with E-state index in [9.17, 15) is 4.79 Å². The molecule has 0 fully saturated rings. The van der Waals surface area contributed by atoms with Gasteiger partial charge in [-0.3, -0.25) is 4.79 Å². The molecule has 6 heteroatoms. The van der Waals surface area contributed by atoms with E-state index in [0.717, 1.165) is 30.0 Å². The molecule has 0 aliphatic rings. The Labute approximate surface area is 152 Å². The van der Waals surface area contributed by atoms with Crippen LogP contribution in [0.4, 0.5) is 0 Å². The zero-order valence-corrected chi connectivity index (χ0v) is 15.8. The van der Waals surface area contributed by atoms with E-state index >= 15 is 0 Å². The van der Waals surface area contributed by atoms with Crippen molar-refractivity contribution in [1.29, 1.82) is 0 Å². The zero-order valence-electron chi connectivity index (χ0n) is 14.3. The number of hydrogen-bond acceptors (Lipinski definition) is 4. The van der Waals surface area contributed by atoms with Crippen LogP contribution in [0.15, 0.2) is 28.7 Å². The van der Waals surface area contributed by atoms with Crippen LogP contribution in [0.2, 0.25) is 5.02 Å². The van der Waals surface area contributed by atoms with E-state index in [-0.39, 0.29) is 5.91 Å². The highest BCUT2D eigenvalue weighted by Gasteiger charge is 2.12. The molecule has 1 N–H and O–H groups in total. The number of nitrogens with zero attached hydrogens (tertiary/aromatic N) is 1. The standard InChI is InChI=1S/C18H23ClN2O2S/c1-12(2)7-8-20-17(22)11-24-10-16-13(3)23-18(21-16)14-5-4-6-15(19)9-14/h4-6,9,12H,7-8,10-11H2,1-3H3,(H,20,22). The first-order chi connectivity index (χ1) is 11.5. The zero-order chi connectivity index (χ0) is 17.5. The molecule has 130 valence electrons. The van der Waals surface area contributed by atoms with Crippen molar-refractivity contribution in [3.8, 4) is 11.5 Å². The van der Waals surface area contributed by atoms with Crippen molar-refractivity contribution in [2.24, 2.45) is 5.92 Å². The first-order valence-electron chi connectivity index (χ1n) is 8.02. The number of hydrogen-bond donors (Lipinski definition) is 1. The average Bonchev–Trinajstić information content (AvgIpc) is 2.88. The Balaban J connectivity index is 1.84. The quantitative estimate of drug-likeness (QED) is 0.735. The van der Waals surface area contributed by atoms with Gasteiger partial charge in [-0.2, -0.15) is 0 Å². The molecule has 0 saturated heterocycles. The van der Waals surface area contributed by atoms with Crippen LogP contribution in [0.1, 0.15) is 31.7 Å². The molecule has 0 spiro atoms. The van der Waals surface area contributed by atoms with Gasteiger partial charge < -0.3 is 9.73 Å². The van der Waals surface area contributed by atoms with E-state index in [1.54, 1.807) is 0 Å². The molecule has 0 aliphatic carbocycles. The Bertz CT molecular complexity index is 685. The van der Waals surface area contributed by atoms with Crippen LogP contribution in [0.3, 0.4) is 0 Å². The fraction of sp³-hybridized carbons (Fsp3) is 0.444. The topological polar surface area (TPSA) is 55.1 Å². The predicted octanol–water partition coefficient (Wildman–Crippen LogP) is 4.70. The summed E-state index contributed by atoms with van der Waals surface area (Å²) >= 11 is 7.54. The van der Waals surface area contributed by atoms with Gasteiger partial charge in [-0.1, -0.05) is 31.5 Å². The number of amides is 1. The number of aryl methyl sites for hydroxylation is 1. The average molecular weight is 367 g/mol. The Morgan fingerprint density at radius 2 is 2.21 bits per heavy atom. The van der Waals surface area contributed by atoms with E-state index in [1.165, 1.54) is 11.8 Å². The predicted molar refractivity (Wildman–Crippen MR) is 100 cm³/mol. The number of benzene rings is 1. The van der Waals surface area contributed by atoms with Gasteiger partial charge in [0.2, 0.25) is 11.8 Å². The van der Waals surface area contributed by atoms with Crippen LogP contribution >= 0.6 is 23.4 Å². The highest BCUT2D eigenvalue weighted by Crippen LogP contribution is 2.26. The summed E-state index contributed by atoms with van der Waals surface area (Å²) in [7, 11) is 0. The summed E-state index contributed by atoms with van der Waals surface area (Å²) in [5.41, 5.74) is 1.72. The van der Waals surface area contributed by atoms with Gasteiger partial charge in [0.1, 0.15) is 5.76 Å². The van der Waals surface area contributed by atoms with Crippen LogP contribution in [0, 0.1) is 12.8 Å². The number of nitrogens with one attached hydrogen (secondary N) is 1. The Morgan fingerprint density at radius 1 is 1.42 bits per heavy atom. The minimum absolute atomic E-state index is 0.0665. The number of carbonyl (C=O) groups excluding carboxylic acids is 1. The lowest BCUT2D eigenvalue weighted by Crippen LogP contribution is -2.26. The maximum Gasteiger partial charge on any atom is 0.230 e. The molecule has 2 aromatic rings. The van der Waals surface area contributed by atoms with E-state index in [4.69, 9.17) is 16.0 Å². The van der Waals surface area contributed by atoms with Crippen LogP contribution in [-0.4, -0.2) is 23.2 Å². The minimum atomic E-state index is 0.0665. The Kier molecular flexibility index (Phi) is 7.18. The highest BCUT2D eigenvalue weighted by atomic mass is 35.5. The molecule has 0 bridgehead atoms. The fourth-order valence-electron chi connectivity index (χ4n) is 2.10. The normalized spacial score (nSPS) is 11.0. The third-order valence-electron chi connectivity index (χ3n) is 3.48. The monoisotopic (exact) mass is 366 g/mol. The molecule has 1 heterocycles. The van der Waals surface area contributed by atoms with Gasteiger partial charge in [0.05, 0.1) is 11.4 Å². The van der Waals surface area contributed by atoms with Crippen LogP contribution in [-0.2, 0) is 10.5 Å². The summed E-state index contributed by atoms with van der Waals surface area (Å²) in [6.45, 7) is 6.91. The molecule has 1 amide bonds. The second-order valence-electron chi connectivity index (χ2n) is 6.06. The van der Waals surface area contributed by atoms with Crippen molar-refractivity contribution >= 4 is 29.3 Å². The summed E-state index contributed by atoms with van der Waals surface area (Å²) in [6, 6.07) is 7.42. The lowest BCUT2D eigenvalue weighted by Gasteiger charge is -2.06. The number of rotatable bonds is 8. The van der Waals surface area contributed by atoms with E-state index < -0.39 is 0 Å². The van der Waals surface area contributed by atoms with Crippen molar-refractivity contribution in [3.05, 3.63) is 40.7 Å². The number of halogens is 1. The number of thioether (sulfide) groups is 1. The molecule has 4 nitrogen and oxygen atoms in total. The van der Waals surface area contributed by atoms with E-state index in [0.29, 0.717) is 28.3 Å². The van der Waals surface area contributed by atoms with Crippen molar-refractivity contribution in [2.75, 3.05) is 12.3 Å². The first kappa shape index (κ1) is 18.9. The third-order valence-corrected chi connectivity index (χ3v) is 4.66. The van der Waals surface area contributed by atoms with Gasteiger partial charge in [0, 0.05) is 22.9 Å². The van der Waals surface area contributed by atoms with Crippen molar-refractivity contribution in [1.82, 2.24) is 10.3 Å². The van der Waals surface area contributed by atoms with E-state index in [2.05, 4.69) is 24.1 Å². The molecule has 0 radical (unpaired) electrons. The largest absolute Gasteiger partial charge is 0.441 e. The maximum atomic E-state index is 11.8. The second kappa shape index (κ2) is 9.14. The SMILES string of the molecule is Cc1oc(-c2cccc(Cl)c2)nc1CSCC(=O)NCCC(C)C. The van der Waals surface area contributed by atoms with E-state index in [1.807, 2.05) is 31.2 Å². The summed E-state index contributed by atoms with van der Waals surface area (Å²) in [5, 5.41) is 3.58. The number of oxazole rings is 1. The second-order valence-corrected chi connectivity index (χ2v) is 7.48. The minimum Gasteiger partial charge on any atom is -0.441 e. The van der Waals surface area contributed by atoms with Crippen molar-refractivity contribution < 1.29 is 9.21 Å². The van der Waals surface area contributed by atoms with Gasteiger partial charge in [-0.15, -0.1) is 11.8 Å². The van der Waals surface area contributed by atoms with Gasteiger partial charge in [-0.25, -0.2) is 4.98 Å². The highest BCUT2D eigenvalue weighted by molar-refractivity contribution is 7.99. The number of carbonyl (C=O) groups is 1. The number of aromatic nitrogens is 1. The first-order valence-corrected chi connectivity index (χ1v) is 9.55. The van der Waals surface area contributed by atoms with Crippen molar-refractivity contribution in [2.45, 2.75) is 32.9 Å². The van der Waals surface area contributed by atoms with Crippen LogP contribution < -0.4 is 5.32 Å². The lowest BCUT2D eigenvalue weighted by molar-refractivity contribution is -0.118. The smallest absolute Gasteiger partial charge is 0.230 e. The summed E-state index contributed by atoms with van der Waals surface area (Å²) in [4.78, 5) is 16.3. The fourth-order valence-corrected chi connectivity index (χ4v) is 3.14. The van der Waals surface area contributed by atoms with Gasteiger partial charge in [0.15, 0.2) is 0 Å². The Morgan fingerprint density at radius 3 is 2.92 bits per heavy atom. The summed E-state index contributed by atoms with van der Waals surface area (Å²) in [6.07, 6.45) is 1.00. The molecule has 24 heavy (non-hydrogen) atoms. The molecule has 1 aromatic heterocycles. The molecular formula is C18H23ClN2O2S. The maximum absolute atomic E-state index is 11.8. The van der Waals surface area contributed by atoms with Crippen LogP contribution in [0.5, 0.6) is 0 Å². The molecule has 0 saturated carbocycles. The molecule has 0 atom stereocenters. The molecule has 0 aliphatic heterocycles.